The van der Waals surface area contributed by atoms with Gasteiger partial charge in [0.25, 0.3) is 0 Å². The van der Waals surface area contributed by atoms with Gasteiger partial charge in [0.05, 0.1) is 6.54 Å². The van der Waals surface area contributed by atoms with Gasteiger partial charge >= 0.3 is 6.03 Å². The minimum Gasteiger partial charge on any atom is -0.396 e. The molecule has 1 rings (SSSR count). The van der Waals surface area contributed by atoms with Crippen molar-refractivity contribution in [2.45, 2.75) is 13.3 Å². The highest BCUT2D eigenvalue weighted by molar-refractivity contribution is 5.95. The molecular formula is C10H19N3O3. The zero-order valence-corrected chi connectivity index (χ0v) is 9.53. The monoisotopic (exact) mass is 229 g/mol. The van der Waals surface area contributed by atoms with E-state index in [4.69, 9.17) is 5.11 Å². The molecule has 1 aliphatic rings. The molecule has 6 heteroatoms. The number of rotatable bonds is 5. The summed E-state index contributed by atoms with van der Waals surface area (Å²) in [5.74, 6) is -0.0216. The SMILES string of the molecule is CCCNC(=O)NC(=O)CN1CC(CO)C1. The minimum atomic E-state index is -0.439. The minimum absolute atomic E-state index is 0.162. The van der Waals surface area contributed by atoms with Crippen molar-refractivity contribution < 1.29 is 14.7 Å². The quantitative estimate of drug-likeness (QED) is 0.573. The zero-order chi connectivity index (χ0) is 12.0. The number of hydrogen-bond donors (Lipinski definition) is 3. The molecule has 0 aromatic carbocycles. The van der Waals surface area contributed by atoms with Crippen molar-refractivity contribution in [3.8, 4) is 0 Å². The lowest BCUT2D eigenvalue weighted by molar-refractivity contribution is -0.123. The van der Waals surface area contributed by atoms with Crippen molar-refractivity contribution in [1.82, 2.24) is 15.5 Å². The molecule has 0 aromatic heterocycles. The standard InChI is InChI=1S/C10H19N3O3/c1-2-3-11-10(16)12-9(15)6-13-4-8(5-13)7-14/h8,14H,2-7H2,1H3,(H2,11,12,15,16). The molecule has 0 atom stereocenters. The molecule has 0 saturated carbocycles. The summed E-state index contributed by atoms with van der Waals surface area (Å²) in [6.07, 6.45) is 0.839. The Kier molecular flexibility index (Phi) is 5.21. The van der Waals surface area contributed by atoms with Crippen LogP contribution in [0.3, 0.4) is 0 Å². The van der Waals surface area contributed by atoms with Crippen molar-refractivity contribution in [3.63, 3.8) is 0 Å². The number of nitrogens with one attached hydrogen (secondary N) is 2. The van der Waals surface area contributed by atoms with Crippen LogP contribution in [-0.4, -0.2) is 54.7 Å². The molecule has 0 bridgehead atoms. The Hall–Kier alpha value is -1.14. The summed E-state index contributed by atoms with van der Waals surface area (Å²) >= 11 is 0. The summed E-state index contributed by atoms with van der Waals surface area (Å²) in [6.45, 7) is 4.33. The van der Waals surface area contributed by atoms with E-state index < -0.39 is 6.03 Å². The Morgan fingerprint density at radius 1 is 1.44 bits per heavy atom. The lowest BCUT2D eigenvalue weighted by Crippen LogP contribution is -2.53. The molecule has 0 radical (unpaired) electrons. The van der Waals surface area contributed by atoms with Crippen LogP contribution < -0.4 is 10.6 Å². The normalized spacial score (nSPS) is 16.6. The molecule has 6 nitrogen and oxygen atoms in total. The van der Waals surface area contributed by atoms with E-state index in [1.54, 1.807) is 0 Å². The number of imide groups is 1. The third-order valence-corrected chi connectivity index (χ3v) is 2.45. The predicted octanol–water partition coefficient (Wildman–Crippen LogP) is -0.854. The number of aliphatic hydroxyl groups excluding tert-OH is 1. The molecule has 1 fully saturated rings. The average Bonchev–Trinajstić information content (AvgIpc) is 2.19. The summed E-state index contributed by atoms with van der Waals surface area (Å²) in [7, 11) is 0. The van der Waals surface area contributed by atoms with Crippen LogP contribution in [0.25, 0.3) is 0 Å². The number of aliphatic hydroxyl groups is 1. The Labute approximate surface area is 95.0 Å². The lowest BCUT2D eigenvalue weighted by atomic mass is 10.0. The molecular weight excluding hydrogens is 210 g/mol. The third kappa shape index (κ3) is 4.16. The van der Waals surface area contributed by atoms with E-state index in [9.17, 15) is 9.59 Å². The number of urea groups is 1. The summed E-state index contributed by atoms with van der Waals surface area (Å²) in [5, 5.41) is 13.6. The molecule has 0 aliphatic carbocycles. The van der Waals surface area contributed by atoms with Crippen molar-refractivity contribution in [2.24, 2.45) is 5.92 Å². The van der Waals surface area contributed by atoms with Gasteiger partial charge in [-0.05, 0) is 6.42 Å². The summed E-state index contributed by atoms with van der Waals surface area (Å²) in [4.78, 5) is 24.4. The maximum atomic E-state index is 11.3. The molecule has 0 spiro atoms. The van der Waals surface area contributed by atoms with Crippen molar-refractivity contribution in [3.05, 3.63) is 0 Å². The van der Waals surface area contributed by atoms with Gasteiger partial charge in [-0.15, -0.1) is 0 Å². The van der Waals surface area contributed by atoms with Crippen LogP contribution in [0.1, 0.15) is 13.3 Å². The first-order valence-electron chi connectivity index (χ1n) is 5.56. The number of likely N-dealkylation sites (tertiary alicyclic amines) is 1. The number of nitrogens with zero attached hydrogens (tertiary/aromatic N) is 1. The highest BCUT2D eigenvalue weighted by Crippen LogP contribution is 2.13. The van der Waals surface area contributed by atoms with Crippen LogP contribution in [0.5, 0.6) is 0 Å². The van der Waals surface area contributed by atoms with Crippen LogP contribution in [0.15, 0.2) is 0 Å². The molecule has 0 unspecified atom stereocenters. The summed E-state index contributed by atoms with van der Waals surface area (Å²) in [6, 6.07) is -0.439. The molecule has 3 amide bonds. The second-order valence-corrected chi connectivity index (χ2v) is 4.05. The van der Waals surface area contributed by atoms with Gasteiger partial charge in [-0.25, -0.2) is 4.79 Å². The predicted molar refractivity (Wildman–Crippen MR) is 58.8 cm³/mol. The fourth-order valence-corrected chi connectivity index (χ4v) is 1.57. The highest BCUT2D eigenvalue weighted by atomic mass is 16.3. The highest BCUT2D eigenvalue weighted by Gasteiger charge is 2.27. The fourth-order valence-electron chi connectivity index (χ4n) is 1.57. The first-order chi connectivity index (χ1) is 7.65. The van der Waals surface area contributed by atoms with E-state index in [-0.39, 0.29) is 25.0 Å². The summed E-state index contributed by atoms with van der Waals surface area (Å²) in [5.41, 5.74) is 0. The lowest BCUT2D eigenvalue weighted by Gasteiger charge is -2.37. The maximum absolute atomic E-state index is 11.3. The molecule has 1 saturated heterocycles. The first kappa shape index (κ1) is 12.9. The Bertz CT molecular complexity index is 252. The van der Waals surface area contributed by atoms with Crippen LogP contribution in [-0.2, 0) is 4.79 Å². The van der Waals surface area contributed by atoms with Crippen molar-refractivity contribution in [1.29, 1.82) is 0 Å². The number of carbonyl (C=O) groups excluding carboxylic acids is 2. The summed E-state index contributed by atoms with van der Waals surface area (Å²) < 4.78 is 0. The van der Waals surface area contributed by atoms with Gasteiger partial charge in [0.2, 0.25) is 5.91 Å². The van der Waals surface area contributed by atoms with Gasteiger partial charge in [-0.2, -0.15) is 0 Å². The second kappa shape index (κ2) is 6.44. The maximum Gasteiger partial charge on any atom is 0.321 e. The van der Waals surface area contributed by atoms with Crippen LogP contribution in [0.4, 0.5) is 4.79 Å². The van der Waals surface area contributed by atoms with E-state index in [0.717, 1.165) is 19.5 Å². The van der Waals surface area contributed by atoms with Gasteiger partial charge in [-0.1, -0.05) is 6.92 Å². The van der Waals surface area contributed by atoms with Gasteiger partial charge in [0.1, 0.15) is 0 Å². The van der Waals surface area contributed by atoms with Gasteiger partial charge < -0.3 is 10.4 Å². The van der Waals surface area contributed by atoms with Crippen molar-refractivity contribution >= 4 is 11.9 Å². The third-order valence-electron chi connectivity index (χ3n) is 2.45. The zero-order valence-electron chi connectivity index (χ0n) is 9.53. The van der Waals surface area contributed by atoms with Gasteiger partial charge in [-0.3, -0.25) is 15.0 Å². The Balaban J connectivity index is 2.09. The van der Waals surface area contributed by atoms with E-state index in [1.807, 2.05) is 11.8 Å². The first-order valence-corrected chi connectivity index (χ1v) is 5.56. The molecule has 0 aromatic rings. The van der Waals surface area contributed by atoms with Gasteiger partial charge in [0, 0.05) is 32.2 Å². The van der Waals surface area contributed by atoms with E-state index in [2.05, 4.69) is 10.6 Å². The van der Waals surface area contributed by atoms with E-state index in [0.29, 0.717) is 6.54 Å². The second-order valence-electron chi connectivity index (χ2n) is 4.05. The number of amides is 3. The molecule has 1 aliphatic heterocycles. The fraction of sp³-hybridized carbons (Fsp3) is 0.800. The smallest absolute Gasteiger partial charge is 0.321 e. The van der Waals surface area contributed by atoms with Crippen LogP contribution >= 0.6 is 0 Å². The molecule has 16 heavy (non-hydrogen) atoms. The molecule has 1 heterocycles. The molecule has 92 valence electrons. The van der Waals surface area contributed by atoms with E-state index >= 15 is 0 Å². The van der Waals surface area contributed by atoms with Gasteiger partial charge in [0.15, 0.2) is 0 Å². The largest absolute Gasteiger partial charge is 0.396 e. The number of carbonyl (C=O) groups is 2. The number of hydrogen-bond acceptors (Lipinski definition) is 4. The van der Waals surface area contributed by atoms with Crippen LogP contribution in [0.2, 0.25) is 0 Å². The average molecular weight is 229 g/mol. The Morgan fingerprint density at radius 3 is 2.69 bits per heavy atom. The van der Waals surface area contributed by atoms with E-state index in [1.165, 1.54) is 0 Å². The topological polar surface area (TPSA) is 81.7 Å². The Morgan fingerprint density at radius 2 is 2.12 bits per heavy atom. The van der Waals surface area contributed by atoms with Crippen LogP contribution in [0, 0.1) is 5.92 Å². The molecule has 3 N–H and O–H groups in total. The van der Waals surface area contributed by atoms with Crippen molar-refractivity contribution in [2.75, 3.05) is 32.8 Å².